The Hall–Kier alpha value is -1.82. The van der Waals surface area contributed by atoms with Crippen molar-refractivity contribution in [3.8, 4) is 5.75 Å². The highest BCUT2D eigenvalue weighted by Gasteiger charge is 2.26. The Labute approximate surface area is 128 Å². The summed E-state index contributed by atoms with van der Waals surface area (Å²) < 4.78 is 8.46. The molecule has 5 nitrogen and oxygen atoms in total. The summed E-state index contributed by atoms with van der Waals surface area (Å²) in [7, 11) is 1.85. The molecular formula is C15H19N3O2S. The van der Waals surface area contributed by atoms with Gasteiger partial charge in [-0.2, -0.15) is 0 Å². The molecule has 2 aromatic rings. The molecule has 0 saturated carbocycles. The van der Waals surface area contributed by atoms with Crippen LogP contribution in [0.1, 0.15) is 25.8 Å². The van der Waals surface area contributed by atoms with Gasteiger partial charge in [0, 0.05) is 20.0 Å². The number of likely N-dealkylation sites (N-methyl/N-ethyl adjacent to an activating group) is 1. The molecule has 1 aromatic carbocycles. The molecule has 1 aliphatic heterocycles. The predicted molar refractivity (Wildman–Crippen MR) is 84.2 cm³/mol. The maximum Gasteiger partial charge on any atom is 0.222 e. The van der Waals surface area contributed by atoms with Gasteiger partial charge in [0.25, 0.3) is 0 Å². The number of hydrogen-bond donors (Lipinski definition) is 1. The Kier molecular flexibility index (Phi) is 3.71. The molecule has 112 valence electrons. The summed E-state index contributed by atoms with van der Waals surface area (Å²) in [6, 6.07) is 6.17. The Bertz CT molecular complexity index is 734. The van der Waals surface area contributed by atoms with Crippen LogP contribution in [0.2, 0.25) is 0 Å². The Morgan fingerprint density at radius 2 is 2.29 bits per heavy atom. The summed E-state index contributed by atoms with van der Waals surface area (Å²) in [5, 5.41) is 0. The fourth-order valence-electron chi connectivity index (χ4n) is 2.96. The van der Waals surface area contributed by atoms with Gasteiger partial charge in [-0.25, -0.2) is 0 Å². The Balaban J connectivity index is 2.07. The number of likely N-dealkylation sites (tertiary alicyclic amines) is 1. The third kappa shape index (κ3) is 2.44. The average molecular weight is 305 g/mol. The van der Waals surface area contributed by atoms with Crippen LogP contribution in [-0.2, 0) is 4.79 Å². The largest absolute Gasteiger partial charge is 0.492 e. The van der Waals surface area contributed by atoms with E-state index in [4.69, 9.17) is 17.0 Å². The second kappa shape index (κ2) is 5.52. The summed E-state index contributed by atoms with van der Waals surface area (Å²) in [6.07, 6.45) is 1.39. The third-order valence-electron chi connectivity index (χ3n) is 3.98. The number of aromatic nitrogens is 2. The number of carbonyl (C=O) groups excluding carboxylic acids is 1. The average Bonchev–Trinajstić information content (AvgIpc) is 2.80. The standard InChI is InChI=1S/C15H19N3O2S/c1-3-20-12-6-4-5-11-14(12)16-15(21)18(11)10-7-8-13(19)17(2)9-10/h4-6,10H,3,7-9H2,1-2H3,(H,16,21). The van der Waals surface area contributed by atoms with Gasteiger partial charge in [0.2, 0.25) is 5.91 Å². The van der Waals surface area contributed by atoms with Crippen molar-refractivity contribution in [2.75, 3.05) is 20.2 Å². The molecule has 0 aliphatic carbocycles. The summed E-state index contributed by atoms with van der Waals surface area (Å²) >= 11 is 5.49. The molecule has 0 spiro atoms. The highest BCUT2D eigenvalue weighted by Crippen LogP contribution is 2.30. The maximum absolute atomic E-state index is 11.7. The van der Waals surface area contributed by atoms with E-state index >= 15 is 0 Å². The lowest BCUT2D eigenvalue weighted by Gasteiger charge is -2.30. The van der Waals surface area contributed by atoms with Crippen LogP contribution in [-0.4, -0.2) is 40.6 Å². The summed E-state index contributed by atoms with van der Waals surface area (Å²) in [5.74, 6) is 1.02. The summed E-state index contributed by atoms with van der Waals surface area (Å²) in [4.78, 5) is 16.7. The first-order chi connectivity index (χ1) is 10.1. The van der Waals surface area contributed by atoms with Crippen molar-refractivity contribution in [1.82, 2.24) is 14.5 Å². The number of fused-ring (bicyclic) bond motifs is 1. The molecule has 1 aliphatic rings. The van der Waals surface area contributed by atoms with E-state index in [1.165, 1.54) is 0 Å². The minimum Gasteiger partial charge on any atom is -0.492 e. The summed E-state index contributed by atoms with van der Waals surface area (Å²) in [5.41, 5.74) is 1.97. The van der Waals surface area contributed by atoms with E-state index in [2.05, 4.69) is 9.55 Å². The molecule has 1 saturated heterocycles. The second-order valence-corrected chi connectivity index (χ2v) is 5.74. The first-order valence-electron chi connectivity index (χ1n) is 7.21. The van der Waals surface area contributed by atoms with Gasteiger partial charge in [-0.05, 0) is 37.7 Å². The molecular weight excluding hydrogens is 286 g/mol. The van der Waals surface area contributed by atoms with Crippen LogP contribution in [0.15, 0.2) is 18.2 Å². The number of H-pyrrole nitrogens is 1. The molecule has 0 bridgehead atoms. The number of nitrogens with zero attached hydrogens (tertiary/aromatic N) is 2. The van der Waals surface area contributed by atoms with Crippen LogP contribution >= 0.6 is 12.2 Å². The van der Waals surface area contributed by atoms with E-state index in [0.29, 0.717) is 24.3 Å². The van der Waals surface area contributed by atoms with Crippen LogP contribution in [0, 0.1) is 4.77 Å². The quantitative estimate of drug-likeness (QED) is 0.887. The van der Waals surface area contributed by atoms with Crippen LogP contribution < -0.4 is 4.74 Å². The van der Waals surface area contributed by atoms with E-state index in [9.17, 15) is 4.79 Å². The number of rotatable bonds is 3. The number of para-hydroxylation sites is 1. The van der Waals surface area contributed by atoms with Crippen LogP contribution in [0.25, 0.3) is 11.0 Å². The monoisotopic (exact) mass is 305 g/mol. The van der Waals surface area contributed by atoms with Gasteiger partial charge in [0.15, 0.2) is 4.77 Å². The topological polar surface area (TPSA) is 50.3 Å². The van der Waals surface area contributed by atoms with E-state index in [1.807, 2.05) is 32.2 Å². The van der Waals surface area contributed by atoms with E-state index in [1.54, 1.807) is 4.90 Å². The number of hydrogen-bond acceptors (Lipinski definition) is 3. The van der Waals surface area contributed by atoms with Crippen molar-refractivity contribution < 1.29 is 9.53 Å². The van der Waals surface area contributed by atoms with Gasteiger partial charge in [-0.15, -0.1) is 0 Å². The van der Waals surface area contributed by atoms with E-state index < -0.39 is 0 Å². The van der Waals surface area contributed by atoms with Crippen LogP contribution in [0.5, 0.6) is 5.75 Å². The Morgan fingerprint density at radius 1 is 1.48 bits per heavy atom. The highest BCUT2D eigenvalue weighted by molar-refractivity contribution is 7.71. The third-order valence-corrected chi connectivity index (χ3v) is 4.28. The second-order valence-electron chi connectivity index (χ2n) is 5.35. The van der Waals surface area contributed by atoms with Gasteiger partial charge in [0.05, 0.1) is 18.2 Å². The fraction of sp³-hybridized carbons (Fsp3) is 0.467. The number of ether oxygens (including phenoxy) is 1. The van der Waals surface area contributed by atoms with Gasteiger partial charge < -0.3 is 19.2 Å². The van der Waals surface area contributed by atoms with Gasteiger partial charge in [-0.3, -0.25) is 4.79 Å². The molecule has 6 heteroatoms. The lowest BCUT2D eigenvalue weighted by atomic mass is 10.1. The van der Waals surface area contributed by atoms with Crippen molar-refractivity contribution >= 4 is 29.2 Å². The first kappa shape index (κ1) is 14.1. The smallest absolute Gasteiger partial charge is 0.222 e. The normalized spacial score (nSPS) is 19.2. The number of nitrogens with one attached hydrogen (secondary N) is 1. The van der Waals surface area contributed by atoms with Crippen LogP contribution in [0.3, 0.4) is 0 Å². The lowest BCUT2D eigenvalue weighted by molar-refractivity contribution is -0.132. The number of carbonyl (C=O) groups is 1. The number of aromatic amines is 1. The molecule has 1 unspecified atom stereocenters. The molecule has 1 amide bonds. The molecule has 21 heavy (non-hydrogen) atoms. The van der Waals surface area contributed by atoms with Crippen molar-refractivity contribution in [2.24, 2.45) is 0 Å². The zero-order valence-electron chi connectivity index (χ0n) is 12.3. The number of imidazole rings is 1. The van der Waals surface area contributed by atoms with Crippen molar-refractivity contribution in [3.05, 3.63) is 23.0 Å². The van der Waals surface area contributed by atoms with Gasteiger partial charge in [0.1, 0.15) is 11.3 Å². The molecule has 1 fully saturated rings. The van der Waals surface area contributed by atoms with Crippen LogP contribution in [0.4, 0.5) is 0 Å². The fourth-order valence-corrected chi connectivity index (χ4v) is 3.31. The molecule has 0 radical (unpaired) electrons. The molecule has 2 heterocycles. The van der Waals surface area contributed by atoms with E-state index in [0.717, 1.165) is 23.2 Å². The molecule has 3 rings (SSSR count). The van der Waals surface area contributed by atoms with Gasteiger partial charge in [-0.1, -0.05) is 6.07 Å². The predicted octanol–water partition coefficient (Wildman–Crippen LogP) is 2.89. The van der Waals surface area contributed by atoms with Crippen molar-refractivity contribution in [3.63, 3.8) is 0 Å². The van der Waals surface area contributed by atoms with Gasteiger partial charge >= 0.3 is 0 Å². The summed E-state index contributed by atoms with van der Waals surface area (Å²) in [6.45, 7) is 3.27. The Morgan fingerprint density at radius 3 is 3.00 bits per heavy atom. The SMILES string of the molecule is CCOc1cccc2c1[nH]c(=S)n2C1CCC(=O)N(C)C1. The number of amides is 1. The molecule has 1 aromatic heterocycles. The van der Waals surface area contributed by atoms with Crippen molar-refractivity contribution in [1.29, 1.82) is 0 Å². The lowest BCUT2D eigenvalue weighted by Crippen LogP contribution is -2.37. The molecule has 1 N–H and O–H groups in total. The first-order valence-corrected chi connectivity index (χ1v) is 7.62. The zero-order chi connectivity index (χ0) is 15.0. The minimum absolute atomic E-state index is 0.201. The zero-order valence-corrected chi connectivity index (χ0v) is 13.1. The number of benzene rings is 1. The minimum atomic E-state index is 0.201. The van der Waals surface area contributed by atoms with E-state index in [-0.39, 0.29) is 11.9 Å². The molecule has 1 atom stereocenters. The maximum atomic E-state index is 11.7. The highest BCUT2D eigenvalue weighted by atomic mass is 32.1. The number of piperidine rings is 1. The van der Waals surface area contributed by atoms with Crippen molar-refractivity contribution in [2.45, 2.75) is 25.8 Å².